The lowest BCUT2D eigenvalue weighted by Gasteiger charge is -2.04. The molecule has 0 saturated carbocycles. The van der Waals surface area contributed by atoms with E-state index in [1.807, 2.05) is 32.0 Å². The van der Waals surface area contributed by atoms with Gasteiger partial charge in [-0.05, 0) is 25.5 Å². The molecule has 1 aromatic rings. The number of aryl methyl sites for hydroxylation is 2. The van der Waals surface area contributed by atoms with E-state index in [1.54, 1.807) is 0 Å². The highest BCUT2D eigenvalue weighted by molar-refractivity contribution is 9.09. The number of ketones is 1. The van der Waals surface area contributed by atoms with Crippen molar-refractivity contribution in [2.24, 2.45) is 0 Å². The second-order valence-corrected chi connectivity index (χ2v) is 3.97. The van der Waals surface area contributed by atoms with Crippen molar-refractivity contribution in [1.82, 2.24) is 0 Å². The smallest absolute Gasteiger partial charge is 0.163 e. The molecule has 1 aromatic carbocycles. The van der Waals surface area contributed by atoms with Crippen LogP contribution in [0, 0.1) is 13.8 Å². The minimum Gasteiger partial charge on any atom is -0.294 e. The number of rotatable bonds is 3. The molecule has 0 radical (unpaired) electrons. The van der Waals surface area contributed by atoms with Gasteiger partial charge in [-0.15, -0.1) is 0 Å². The van der Waals surface area contributed by atoms with Crippen LogP contribution in [-0.2, 0) is 0 Å². The van der Waals surface area contributed by atoms with E-state index in [-0.39, 0.29) is 5.78 Å². The highest BCUT2D eigenvalue weighted by Gasteiger charge is 2.07. The number of halogens is 1. The first kappa shape index (κ1) is 10.5. The van der Waals surface area contributed by atoms with E-state index in [0.717, 1.165) is 22.0 Å². The summed E-state index contributed by atoms with van der Waals surface area (Å²) in [5.74, 6) is 0.220. The zero-order chi connectivity index (χ0) is 9.84. The summed E-state index contributed by atoms with van der Waals surface area (Å²) < 4.78 is 0. The molecule has 0 aliphatic heterocycles. The Labute approximate surface area is 87.3 Å². The minimum absolute atomic E-state index is 0.220. The molecular formula is C11H13BrO. The molecule has 0 N–H and O–H groups in total. The van der Waals surface area contributed by atoms with Crippen molar-refractivity contribution in [3.8, 4) is 0 Å². The van der Waals surface area contributed by atoms with Gasteiger partial charge >= 0.3 is 0 Å². The summed E-state index contributed by atoms with van der Waals surface area (Å²) in [6, 6.07) is 5.98. The Hall–Kier alpha value is -0.630. The van der Waals surface area contributed by atoms with E-state index in [1.165, 1.54) is 0 Å². The van der Waals surface area contributed by atoms with Crippen molar-refractivity contribution in [2.75, 3.05) is 5.33 Å². The molecule has 0 amide bonds. The van der Waals surface area contributed by atoms with Crippen LogP contribution in [0.1, 0.15) is 27.9 Å². The molecule has 0 bridgehead atoms. The Morgan fingerprint density at radius 2 is 2.08 bits per heavy atom. The summed E-state index contributed by atoms with van der Waals surface area (Å²) in [5.41, 5.74) is 3.07. The highest BCUT2D eigenvalue weighted by Crippen LogP contribution is 2.13. The van der Waals surface area contributed by atoms with E-state index in [2.05, 4.69) is 15.9 Å². The van der Waals surface area contributed by atoms with Crippen LogP contribution in [0.5, 0.6) is 0 Å². The maximum absolute atomic E-state index is 11.6. The molecule has 0 fully saturated rings. The molecule has 1 rings (SSSR count). The fourth-order valence-corrected chi connectivity index (χ4v) is 1.62. The zero-order valence-electron chi connectivity index (χ0n) is 7.93. The van der Waals surface area contributed by atoms with Crippen LogP contribution in [0.3, 0.4) is 0 Å². The number of carbonyl (C=O) groups excluding carboxylic acids is 1. The molecule has 0 aliphatic rings. The summed E-state index contributed by atoms with van der Waals surface area (Å²) in [7, 11) is 0. The Morgan fingerprint density at radius 3 is 2.69 bits per heavy atom. The van der Waals surface area contributed by atoms with Gasteiger partial charge in [-0.25, -0.2) is 0 Å². The summed E-state index contributed by atoms with van der Waals surface area (Å²) in [4.78, 5) is 11.6. The molecule has 13 heavy (non-hydrogen) atoms. The summed E-state index contributed by atoms with van der Waals surface area (Å²) in [5, 5.41) is 0.735. The van der Waals surface area contributed by atoms with E-state index < -0.39 is 0 Å². The third-order valence-corrected chi connectivity index (χ3v) is 2.41. The summed E-state index contributed by atoms with van der Waals surface area (Å²) in [6.45, 7) is 3.98. The van der Waals surface area contributed by atoms with Crippen molar-refractivity contribution >= 4 is 21.7 Å². The fourth-order valence-electron chi connectivity index (χ4n) is 1.26. The van der Waals surface area contributed by atoms with Crippen LogP contribution in [0.15, 0.2) is 18.2 Å². The van der Waals surface area contributed by atoms with E-state index in [9.17, 15) is 4.79 Å². The molecule has 0 saturated heterocycles. The quantitative estimate of drug-likeness (QED) is 0.586. The zero-order valence-corrected chi connectivity index (χ0v) is 9.52. The van der Waals surface area contributed by atoms with Gasteiger partial charge in [0.1, 0.15) is 0 Å². The number of benzene rings is 1. The monoisotopic (exact) mass is 240 g/mol. The summed E-state index contributed by atoms with van der Waals surface area (Å²) in [6.07, 6.45) is 0.574. The Kier molecular flexibility index (Phi) is 3.67. The van der Waals surface area contributed by atoms with Crippen molar-refractivity contribution < 1.29 is 4.79 Å². The molecule has 1 nitrogen and oxygen atoms in total. The molecule has 70 valence electrons. The first-order chi connectivity index (χ1) is 6.15. The van der Waals surface area contributed by atoms with Crippen molar-refractivity contribution in [2.45, 2.75) is 20.3 Å². The van der Waals surface area contributed by atoms with Crippen LogP contribution in [0.2, 0.25) is 0 Å². The van der Waals surface area contributed by atoms with Gasteiger partial charge in [0.05, 0.1) is 0 Å². The molecule has 0 unspecified atom stereocenters. The molecule has 0 spiro atoms. The number of hydrogen-bond donors (Lipinski definition) is 0. The number of Topliss-reactive ketones (excluding diaryl/α,β-unsaturated/α-hetero) is 1. The van der Waals surface area contributed by atoms with Crippen LogP contribution >= 0.6 is 15.9 Å². The van der Waals surface area contributed by atoms with Gasteiger partial charge in [0.15, 0.2) is 5.78 Å². The molecule has 0 atom stereocenters. The average Bonchev–Trinajstić information content (AvgIpc) is 2.09. The van der Waals surface area contributed by atoms with Crippen molar-refractivity contribution in [3.05, 3.63) is 34.9 Å². The van der Waals surface area contributed by atoms with E-state index in [0.29, 0.717) is 6.42 Å². The van der Waals surface area contributed by atoms with E-state index in [4.69, 9.17) is 0 Å². The standard InChI is InChI=1S/C11H13BrO/c1-8-3-4-9(2)10(7-8)11(13)5-6-12/h3-4,7H,5-6H2,1-2H3. The highest BCUT2D eigenvalue weighted by atomic mass is 79.9. The SMILES string of the molecule is Cc1ccc(C)c(C(=O)CCBr)c1. The van der Waals surface area contributed by atoms with E-state index >= 15 is 0 Å². The Bertz CT molecular complexity index is 318. The fraction of sp³-hybridized carbons (Fsp3) is 0.364. The van der Waals surface area contributed by atoms with Gasteiger partial charge in [-0.3, -0.25) is 4.79 Å². The lowest BCUT2D eigenvalue weighted by Crippen LogP contribution is -2.02. The van der Waals surface area contributed by atoms with Crippen LogP contribution < -0.4 is 0 Å². The molecular weight excluding hydrogens is 228 g/mol. The Morgan fingerprint density at radius 1 is 1.38 bits per heavy atom. The predicted octanol–water partition coefficient (Wildman–Crippen LogP) is 3.27. The normalized spacial score (nSPS) is 10.1. The largest absolute Gasteiger partial charge is 0.294 e. The topological polar surface area (TPSA) is 17.1 Å². The molecule has 0 aliphatic carbocycles. The molecule has 0 aromatic heterocycles. The maximum atomic E-state index is 11.6. The van der Waals surface area contributed by atoms with Crippen LogP contribution in [-0.4, -0.2) is 11.1 Å². The second-order valence-electron chi connectivity index (χ2n) is 3.18. The van der Waals surface area contributed by atoms with Gasteiger partial charge in [-0.2, -0.15) is 0 Å². The minimum atomic E-state index is 0.220. The van der Waals surface area contributed by atoms with Gasteiger partial charge in [0.2, 0.25) is 0 Å². The van der Waals surface area contributed by atoms with Gasteiger partial charge < -0.3 is 0 Å². The number of carbonyl (C=O) groups is 1. The molecule has 0 heterocycles. The maximum Gasteiger partial charge on any atom is 0.163 e. The number of hydrogen-bond acceptors (Lipinski definition) is 1. The predicted molar refractivity (Wildman–Crippen MR) is 58.7 cm³/mol. The first-order valence-corrected chi connectivity index (χ1v) is 5.43. The van der Waals surface area contributed by atoms with Gasteiger partial charge in [0.25, 0.3) is 0 Å². The third kappa shape index (κ3) is 2.66. The Balaban J connectivity index is 2.99. The van der Waals surface area contributed by atoms with Crippen LogP contribution in [0.25, 0.3) is 0 Å². The third-order valence-electron chi connectivity index (χ3n) is 2.02. The lowest BCUT2D eigenvalue weighted by molar-refractivity contribution is 0.0989. The second kappa shape index (κ2) is 4.56. The van der Waals surface area contributed by atoms with Gasteiger partial charge in [-0.1, -0.05) is 33.6 Å². The lowest BCUT2D eigenvalue weighted by atomic mass is 10.0. The molecule has 2 heteroatoms. The first-order valence-electron chi connectivity index (χ1n) is 4.31. The number of alkyl halides is 1. The van der Waals surface area contributed by atoms with Crippen molar-refractivity contribution in [1.29, 1.82) is 0 Å². The van der Waals surface area contributed by atoms with Crippen LogP contribution in [0.4, 0.5) is 0 Å². The van der Waals surface area contributed by atoms with Crippen molar-refractivity contribution in [3.63, 3.8) is 0 Å². The van der Waals surface area contributed by atoms with Gasteiger partial charge in [0, 0.05) is 17.3 Å². The summed E-state index contributed by atoms with van der Waals surface area (Å²) >= 11 is 3.27. The average molecular weight is 241 g/mol.